The van der Waals surface area contributed by atoms with Crippen LogP contribution in [0.2, 0.25) is 0 Å². The average molecular weight is 523 g/mol. The van der Waals surface area contributed by atoms with Gasteiger partial charge in [-0.1, -0.05) is 50.1 Å². The summed E-state index contributed by atoms with van der Waals surface area (Å²) in [6, 6.07) is 20.2. The molecule has 1 heterocycles. The fourth-order valence-corrected chi connectivity index (χ4v) is 5.58. The van der Waals surface area contributed by atoms with Gasteiger partial charge in [-0.3, -0.25) is 0 Å². The molecule has 1 aromatic heterocycles. The second kappa shape index (κ2) is 7.63. The summed E-state index contributed by atoms with van der Waals surface area (Å²) in [5.74, 6) is -0.328. The van der Waals surface area contributed by atoms with Crippen molar-refractivity contribution >= 4 is 63.5 Å². The van der Waals surface area contributed by atoms with Crippen molar-refractivity contribution in [3.8, 4) is 0 Å². The van der Waals surface area contributed by atoms with Gasteiger partial charge in [-0.25, -0.2) is 8.42 Å². The third-order valence-electron chi connectivity index (χ3n) is 4.70. The summed E-state index contributed by atoms with van der Waals surface area (Å²) >= 11 is 7.03. The molecule has 0 spiro atoms. The number of aliphatic hydroxyl groups excluding tert-OH is 1. The molecule has 0 bridgehead atoms. The van der Waals surface area contributed by atoms with Gasteiger partial charge in [0.15, 0.2) is 9.84 Å². The first-order valence-electron chi connectivity index (χ1n) is 8.68. The molecule has 0 saturated heterocycles. The lowest BCUT2D eigenvalue weighted by Crippen LogP contribution is -2.25. The van der Waals surface area contributed by atoms with Gasteiger partial charge in [0, 0.05) is 30.8 Å². The number of fused-ring (bicyclic) bond motifs is 3. The van der Waals surface area contributed by atoms with Crippen LogP contribution in [-0.2, 0) is 16.4 Å². The fourth-order valence-electron chi connectivity index (χ4n) is 3.49. The van der Waals surface area contributed by atoms with Crippen molar-refractivity contribution in [1.29, 1.82) is 0 Å². The molecule has 3 aromatic carbocycles. The first kappa shape index (κ1) is 19.6. The molecule has 0 saturated carbocycles. The summed E-state index contributed by atoms with van der Waals surface area (Å²) in [7, 11) is -3.56. The maximum Gasteiger partial charge on any atom is 0.180 e. The molecule has 28 heavy (non-hydrogen) atoms. The van der Waals surface area contributed by atoms with Crippen LogP contribution in [0.25, 0.3) is 21.8 Å². The summed E-state index contributed by atoms with van der Waals surface area (Å²) < 4.78 is 29.1. The Hall–Kier alpha value is -1.67. The lowest BCUT2D eigenvalue weighted by atomic mass is 10.2. The lowest BCUT2D eigenvalue weighted by molar-refractivity contribution is 0.179. The molecule has 0 aliphatic heterocycles. The van der Waals surface area contributed by atoms with E-state index in [1.807, 2.05) is 41.0 Å². The number of benzene rings is 3. The highest BCUT2D eigenvalue weighted by Gasteiger charge is 2.21. The van der Waals surface area contributed by atoms with Gasteiger partial charge in [0.2, 0.25) is 0 Å². The van der Waals surface area contributed by atoms with Gasteiger partial charge in [-0.15, -0.1) is 0 Å². The van der Waals surface area contributed by atoms with Crippen LogP contribution in [0.3, 0.4) is 0 Å². The van der Waals surface area contributed by atoms with E-state index in [0.717, 1.165) is 30.8 Å². The van der Waals surface area contributed by atoms with Gasteiger partial charge in [0.05, 0.1) is 23.3 Å². The molecule has 144 valence electrons. The largest absolute Gasteiger partial charge is 0.390 e. The zero-order valence-corrected chi connectivity index (χ0v) is 18.7. The zero-order valence-electron chi connectivity index (χ0n) is 14.7. The summed E-state index contributed by atoms with van der Waals surface area (Å²) in [6.07, 6.45) is -1.03. The Balaban J connectivity index is 1.73. The van der Waals surface area contributed by atoms with Crippen LogP contribution in [0, 0.1) is 0 Å². The Morgan fingerprint density at radius 2 is 1.39 bits per heavy atom. The third kappa shape index (κ3) is 3.76. The van der Waals surface area contributed by atoms with Crippen molar-refractivity contribution in [3.05, 3.63) is 75.7 Å². The van der Waals surface area contributed by atoms with E-state index in [9.17, 15) is 13.5 Å². The molecule has 1 N–H and O–H groups in total. The lowest BCUT2D eigenvalue weighted by Gasteiger charge is -2.14. The SMILES string of the molecule is O=S(=O)(C[C@H](O)Cn1c2ccc(Br)cc2c2cc(Br)ccc21)c1ccccc1. The fraction of sp³-hybridized carbons (Fsp3) is 0.143. The highest BCUT2D eigenvalue weighted by molar-refractivity contribution is 9.10. The van der Waals surface area contributed by atoms with Crippen molar-refractivity contribution in [1.82, 2.24) is 4.57 Å². The van der Waals surface area contributed by atoms with Crippen LogP contribution >= 0.6 is 31.9 Å². The number of rotatable bonds is 5. The van der Waals surface area contributed by atoms with Crippen molar-refractivity contribution in [3.63, 3.8) is 0 Å². The molecule has 0 unspecified atom stereocenters. The van der Waals surface area contributed by atoms with Crippen LogP contribution in [0.5, 0.6) is 0 Å². The van der Waals surface area contributed by atoms with E-state index >= 15 is 0 Å². The average Bonchev–Trinajstić information content (AvgIpc) is 2.94. The summed E-state index contributed by atoms with van der Waals surface area (Å²) in [5.41, 5.74) is 1.90. The first-order chi connectivity index (χ1) is 13.3. The maximum atomic E-state index is 12.6. The first-order valence-corrected chi connectivity index (χ1v) is 11.9. The maximum absolute atomic E-state index is 12.6. The van der Waals surface area contributed by atoms with Gasteiger partial charge in [0.25, 0.3) is 0 Å². The van der Waals surface area contributed by atoms with Crippen molar-refractivity contribution < 1.29 is 13.5 Å². The minimum Gasteiger partial charge on any atom is -0.390 e. The van der Waals surface area contributed by atoms with Crippen LogP contribution in [0.15, 0.2) is 80.6 Å². The smallest absolute Gasteiger partial charge is 0.180 e. The Morgan fingerprint density at radius 1 is 0.857 bits per heavy atom. The molecule has 0 aliphatic rings. The molecule has 0 fully saturated rings. The highest BCUT2D eigenvalue weighted by Crippen LogP contribution is 2.33. The standard InChI is InChI=1S/C21H17Br2NO3S/c22-14-6-8-20-18(10-14)19-11-15(23)7-9-21(19)24(20)12-16(25)13-28(26,27)17-4-2-1-3-5-17/h1-11,16,25H,12-13H2/t16-/m1/s1. The molecule has 4 nitrogen and oxygen atoms in total. The Labute approximate surface area is 180 Å². The third-order valence-corrected chi connectivity index (χ3v) is 7.50. The van der Waals surface area contributed by atoms with Gasteiger partial charge >= 0.3 is 0 Å². The number of hydrogen-bond acceptors (Lipinski definition) is 3. The van der Waals surface area contributed by atoms with E-state index in [4.69, 9.17) is 0 Å². The monoisotopic (exact) mass is 521 g/mol. The molecule has 4 aromatic rings. The Morgan fingerprint density at radius 3 is 1.93 bits per heavy atom. The van der Waals surface area contributed by atoms with Gasteiger partial charge in [-0.05, 0) is 48.5 Å². The van der Waals surface area contributed by atoms with Gasteiger partial charge < -0.3 is 9.67 Å². The van der Waals surface area contributed by atoms with Crippen molar-refractivity contribution in [2.24, 2.45) is 0 Å². The van der Waals surface area contributed by atoms with Gasteiger partial charge in [-0.2, -0.15) is 0 Å². The second-order valence-electron chi connectivity index (χ2n) is 6.68. The summed E-state index contributed by atoms with van der Waals surface area (Å²) in [6.45, 7) is 0.190. The predicted molar refractivity (Wildman–Crippen MR) is 119 cm³/mol. The molecule has 4 rings (SSSR count). The van der Waals surface area contributed by atoms with E-state index in [0.29, 0.717) is 0 Å². The summed E-state index contributed by atoms with van der Waals surface area (Å²) in [4.78, 5) is 0.226. The van der Waals surface area contributed by atoms with Crippen molar-refractivity contribution in [2.45, 2.75) is 17.5 Å². The number of halogens is 2. The number of sulfone groups is 1. The topological polar surface area (TPSA) is 59.3 Å². The second-order valence-corrected chi connectivity index (χ2v) is 10.5. The van der Waals surface area contributed by atoms with Crippen LogP contribution < -0.4 is 0 Å². The predicted octanol–water partition coefficient (Wildman–Crippen LogP) is 5.15. The minimum absolute atomic E-state index is 0.190. The molecular formula is C21H17Br2NO3S. The molecule has 0 radical (unpaired) electrons. The quantitative estimate of drug-likeness (QED) is 0.394. The van der Waals surface area contributed by atoms with Crippen LogP contribution in [0.1, 0.15) is 0 Å². The normalized spacial score (nSPS) is 13.2. The van der Waals surface area contributed by atoms with E-state index in [2.05, 4.69) is 31.9 Å². The number of aromatic nitrogens is 1. The van der Waals surface area contributed by atoms with E-state index in [1.54, 1.807) is 30.3 Å². The van der Waals surface area contributed by atoms with E-state index < -0.39 is 15.9 Å². The Bertz CT molecular complexity index is 1210. The number of hydrogen-bond donors (Lipinski definition) is 1. The van der Waals surface area contributed by atoms with E-state index in [1.165, 1.54) is 0 Å². The van der Waals surface area contributed by atoms with Crippen molar-refractivity contribution in [2.75, 3.05) is 5.75 Å². The van der Waals surface area contributed by atoms with Crippen LogP contribution in [0.4, 0.5) is 0 Å². The van der Waals surface area contributed by atoms with E-state index in [-0.39, 0.29) is 17.2 Å². The molecule has 0 aliphatic carbocycles. The Kier molecular flexibility index (Phi) is 5.35. The summed E-state index contributed by atoms with van der Waals surface area (Å²) in [5, 5.41) is 12.7. The number of aliphatic hydroxyl groups is 1. The highest BCUT2D eigenvalue weighted by atomic mass is 79.9. The molecule has 1 atom stereocenters. The molecule has 0 amide bonds. The molecule has 7 heteroatoms. The zero-order chi connectivity index (χ0) is 19.9. The van der Waals surface area contributed by atoms with Crippen LogP contribution in [-0.4, -0.2) is 29.9 Å². The molecular weight excluding hydrogens is 506 g/mol. The number of nitrogens with zero attached hydrogens (tertiary/aromatic N) is 1. The van der Waals surface area contributed by atoms with Gasteiger partial charge in [0.1, 0.15) is 0 Å². The minimum atomic E-state index is -3.56.